The summed E-state index contributed by atoms with van der Waals surface area (Å²) in [5.41, 5.74) is 1.43. The third-order valence-electron chi connectivity index (χ3n) is 3.91. The molecular weight excluding hydrogens is 463 g/mol. The highest BCUT2D eigenvalue weighted by atomic mass is 19.4. The molecule has 33 heavy (non-hydrogen) atoms. The monoisotopic (exact) mass is 478 g/mol. The fourth-order valence-corrected chi connectivity index (χ4v) is 2.41. The van der Waals surface area contributed by atoms with Gasteiger partial charge >= 0.3 is 12.8 Å². The Balaban J connectivity index is 1.98. The zero-order chi connectivity index (χ0) is 24.8. The standard InChI is InChI=1S/C18H15F5N4O6/c1-32-14-6-9(2-5-13(14)33-17(19)20)16(29)24-8-15(28)26-25-11-4-3-10(18(21,22)23)7-12(11)27(30)31/h2-7,17,25H,8H2,1H3,(H,24,29)(H,26,28). The summed E-state index contributed by atoms with van der Waals surface area (Å²) >= 11 is 0. The molecule has 0 aliphatic rings. The number of amides is 2. The molecule has 0 unspecified atom stereocenters. The molecule has 178 valence electrons. The summed E-state index contributed by atoms with van der Waals surface area (Å²) < 4.78 is 71.9. The molecule has 3 N–H and O–H groups in total. The van der Waals surface area contributed by atoms with Gasteiger partial charge in [-0.1, -0.05) is 0 Å². The number of ether oxygens (including phenoxy) is 2. The predicted molar refractivity (Wildman–Crippen MR) is 102 cm³/mol. The number of hydrogen-bond acceptors (Lipinski definition) is 7. The number of nitrogens with one attached hydrogen (secondary N) is 3. The lowest BCUT2D eigenvalue weighted by Gasteiger charge is -2.13. The Hall–Kier alpha value is -4.17. The molecule has 0 fully saturated rings. The van der Waals surface area contributed by atoms with E-state index in [2.05, 4.69) is 15.5 Å². The summed E-state index contributed by atoms with van der Waals surface area (Å²) in [5, 5.41) is 13.2. The van der Waals surface area contributed by atoms with Crippen molar-refractivity contribution in [3.05, 3.63) is 57.6 Å². The molecular formula is C18H15F5N4O6. The number of alkyl halides is 5. The van der Waals surface area contributed by atoms with E-state index in [1.807, 2.05) is 5.43 Å². The molecule has 15 heteroatoms. The Morgan fingerprint density at radius 2 is 1.82 bits per heavy atom. The number of carbonyl (C=O) groups excluding carboxylic acids is 2. The largest absolute Gasteiger partial charge is 0.493 e. The summed E-state index contributed by atoms with van der Waals surface area (Å²) in [5.74, 6) is -2.18. The molecule has 0 aromatic heterocycles. The zero-order valence-corrected chi connectivity index (χ0v) is 16.5. The van der Waals surface area contributed by atoms with Crippen molar-refractivity contribution in [3.63, 3.8) is 0 Å². The summed E-state index contributed by atoms with van der Waals surface area (Å²) in [6.45, 7) is -3.76. The first-order valence-electron chi connectivity index (χ1n) is 8.74. The summed E-state index contributed by atoms with van der Waals surface area (Å²) in [6, 6.07) is 4.93. The van der Waals surface area contributed by atoms with Crippen LogP contribution in [0.15, 0.2) is 36.4 Å². The van der Waals surface area contributed by atoms with Gasteiger partial charge in [-0.2, -0.15) is 22.0 Å². The van der Waals surface area contributed by atoms with Crippen LogP contribution in [0.4, 0.5) is 33.3 Å². The van der Waals surface area contributed by atoms with Gasteiger partial charge in [-0.15, -0.1) is 0 Å². The van der Waals surface area contributed by atoms with E-state index in [0.29, 0.717) is 12.1 Å². The fraction of sp³-hybridized carbons (Fsp3) is 0.222. The van der Waals surface area contributed by atoms with Gasteiger partial charge < -0.3 is 14.8 Å². The molecule has 0 bridgehead atoms. The normalized spacial score (nSPS) is 11.0. The molecule has 0 heterocycles. The van der Waals surface area contributed by atoms with Crippen molar-refractivity contribution in [1.82, 2.24) is 10.7 Å². The average Bonchev–Trinajstić information content (AvgIpc) is 2.74. The smallest absolute Gasteiger partial charge is 0.416 e. The first kappa shape index (κ1) is 25.1. The third kappa shape index (κ3) is 6.91. The van der Waals surface area contributed by atoms with Crippen LogP contribution in [0.2, 0.25) is 0 Å². The Bertz CT molecular complexity index is 1050. The van der Waals surface area contributed by atoms with Crippen LogP contribution in [0.25, 0.3) is 0 Å². The minimum Gasteiger partial charge on any atom is -0.493 e. The molecule has 0 aliphatic heterocycles. The second kappa shape index (κ2) is 10.4. The number of anilines is 1. The second-order valence-corrected chi connectivity index (χ2v) is 6.09. The molecule has 0 saturated carbocycles. The Morgan fingerprint density at radius 1 is 1.12 bits per heavy atom. The first-order valence-corrected chi connectivity index (χ1v) is 8.74. The van der Waals surface area contributed by atoms with Crippen molar-refractivity contribution in [2.24, 2.45) is 0 Å². The number of nitro groups is 1. The highest BCUT2D eigenvalue weighted by Crippen LogP contribution is 2.34. The number of nitrogens with zero attached hydrogens (tertiary/aromatic N) is 1. The lowest BCUT2D eigenvalue weighted by molar-refractivity contribution is -0.384. The number of hydrogen-bond donors (Lipinski definition) is 3. The van der Waals surface area contributed by atoms with Crippen LogP contribution in [0, 0.1) is 10.1 Å². The molecule has 2 aromatic carbocycles. The summed E-state index contributed by atoms with van der Waals surface area (Å²) in [6.07, 6.45) is -4.80. The molecule has 0 atom stereocenters. The molecule has 2 rings (SSSR count). The summed E-state index contributed by atoms with van der Waals surface area (Å²) in [4.78, 5) is 34.0. The molecule has 0 spiro atoms. The third-order valence-corrected chi connectivity index (χ3v) is 3.91. The van der Waals surface area contributed by atoms with Crippen LogP contribution in [0.3, 0.4) is 0 Å². The van der Waals surface area contributed by atoms with Crippen LogP contribution in [-0.4, -0.2) is 37.0 Å². The van der Waals surface area contributed by atoms with Crippen LogP contribution >= 0.6 is 0 Å². The van der Waals surface area contributed by atoms with E-state index in [0.717, 1.165) is 31.4 Å². The first-order chi connectivity index (χ1) is 15.4. The number of hydrazine groups is 1. The Kier molecular flexibility index (Phi) is 7.93. The summed E-state index contributed by atoms with van der Waals surface area (Å²) in [7, 11) is 1.16. The fourth-order valence-electron chi connectivity index (χ4n) is 2.41. The van der Waals surface area contributed by atoms with Gasteiger partial charge in [0, 0.05) is 11.6 Å². The van der Waals surface area contributed by atoms with Gasteiger partial charge in [-0.3, -0.25) is 30.6 Å². The van der Waals surface area contributed by atoms with Gasteiger partial charge in [0.25, 0.3) is 17.5 Å². The predicted octanol–water partition coefficient (Wildman–Crippen LogP) is 3.10. The van der Waals surface area contributed by atoms with Crippen molar-refractivity contribution < 1.29 is 45.9 Å². The van der Waals surface area contributed by atoms with Gasteiger partial charge in [0.2, 0.25) is 0 Å². The Morgan fingerprint density at radius 3 is 2.39 bits per heavy atom. The van der Waals surface area contributed by atoms with Crippen molar-refractivity contribution in [3.8, 4) is 11.5 Å². The lowest BCUT2D eigenvalue weighted by Crippen LogP contribution is -2.39. The molecule has 0 radical (unpaired) electrons. The van der Waals surface area contributed by atoms with Gasteiger partial charge in [0.15, 0.2) is 11.5 Å². The minimum atomic E-state index is -4.80. The highest BCUT2D eigenvalue weighted by Gasteiger charge is 2.33. The van der Waals surface area contributed by atoms with Crippen LogP contribution in [-0.2, 0) is 11.0 Å². The molecule has 2 amide bonds. The SMILES string of the molecule is COc1cc(C(=O)NCC(=O)NNc2ccc(C(F)(F)F)cc2[N+](=O)[O-])ccc1OC(F)F. The number of nitro benzene ring substituents is 1. The van der Waals surface area contributed by atoms with Crippen molar-refractivity contribution in [2.75, 3.05) is 19.1 Å². The van der Waals surface area contributed by atoms with E-state index in [9.17, 15) is 41.7 Å². The van der Waals surface area contributed by atoms with Crippen molar-refractivity contribution >= 4 is 23.2 Å². The molecule has 0 saturated heterocycles. The van der Waals surface area contributed by atoms with E-state index >= 15 is 0 Å². The van der Waals surface area contributed by atoms with E-state index in [4.69, 9.17) is 4.74 Å². The van der Waals surface area contributed by atoms with Crippen LogP contribution < -0.4 is 25.6 Å². The lowest BCUT2D eigenvalue weighted by atomic mass is 10.1. The second-order valence-electron chi connectivity index (χ2n) is 6.09. The average molecular weight is 478 g/mol. The van der Waals surface area contributed by atoms with E-state index < -0.39 is 53.0 Å². The van der Waals surface area contributed by atoms with E-state index in [1.54, 1.807) is 0 Å². The van der Waals surface area contributed by atoms with Gasteiger partial charge in [-0.05, 0) is 30.3 Å². The number of rotatable bonds is 9. The van der Waals surface area contributed by atoms with Crippen molar-refractivity contribution in [2.45, 2.75) is 12.8 Å². The number of carbonyl (C=O) groups is 2. The number of methoxy groups -OCH3 is 1. The van der Waals surface area contributed by atoms with Crippen LogP contribution in [0.5, 0.6) is 11.5 Å². The zero-order valence-electron chi connectivity index (χ0n) is 16.5. The maximum atomic E-state index is 12.7. The van der Waals surface area contributed by atoms with Crippen molar-refractivity contribution in [1.29, 1.82) is 0 Å². The highest BCUT2D eigenvalue weighted by molar-refractivity contribution is 5.97. The quantitative estimate of drug-likeness (QED) is 0.287. The topological polar surface area (TPSA) is 132 Å². The van der Waals surface area contributed by atoms with Gasteiger partial charge in [0.05, 0.1) is 24.1 Å². The van der Waals surface area contributed by atoms with E-state index in [1.165, 1.54) is 0 Å². The number of halogens is 5. The molecule has 0 aliphatic carbocycles. The van der Waals surface area contributed by atoms with E-state index in [-0.39, 0.29) is 17.1 Å². The molecule has 10 nitrogen and oxygen atoms in total. The maximum Gasteiger partial charge on any atom is 0.416 e. The van der Waals surface area contributed by atoms with Gasteiger partial charge in [-0.25, -0.2) is 0 Å². The maximum absolute atomic E-state index is 12.7. The minimum absolute atomic E-state index is 0.0624. The van der Waals surface area contributed by atoms with Gasteiger partial charge in [0.1, 0.15) is 5.69 Å². The van der Waals surface area contributed by atoms with Crippen LogP contribution in [0.1, 0.15) is 15.9 Å². The molecule has 2 aromatic rings. The Labute approximate surface area is 181 Å². The number of benzene rings is 2.